The predicted octanol–water partition coefficient (Wildman–Crippen LogP) is 4.06. The van der Waals surface area contributed by atoms with E-state index in [2.05, 4.69) is 19.6 Å². The molecule has 27 heavy (non-hydrogen) atoms. The van der Waals surface area contributed by atoms with Crippen molar-refractivity contribution in [3.8, 4) is 11.5 Å². The smallest absolute Gasteiger partial charge is 0.189 e. The SMILES string of the molecule is C=CCC1C[C@]2([C@@H](CC)Cc3ccc(OC)c(OC)c3)OCOC2=CC1=O. The van der Waals surface area contributed by atoms with E-state index >= 15 is 0 Å². The highest BCUT2D eigenvalue weighted by molar-refractivity contribution is 5.93. The molecule has 1 aliphatic carbocycles. The Morgan fingerprint density at radius 3 is 2.78 bits per heavy atom. The van der Waals surface area contributed by atoms with Gasteiger partial charge in [-0.15, -0.1) is 6.58 Å². The zero-order valence-corrected chi connectivity index (χ0v) is 16.3. The Morgan fingerprint density at radius 2 is 2.11 bits per heavy atom. The van der Waals surface area contributed by atoms with Crippen LogP contribution in [0.5, 0.6) is 11.5 Å². The average Bonchev–Trinajstić information content (AvgIpc) is 3.09. The summed E-state index contributed by atoms with van der Waals surface area (Å²) in [6.45, 7) is 6.14. The zero-order chi connectivity index (χ0) is 19.4. The maximum Gasteiger partial charge on any atom is 0.189 e. The summed E-state index contributed by atoms with van der Waals surface area (Å²) in [4.78, 5) is 12.4. The molecule has 0 amide bonds. The molecule has 1 aliphatic heterocycles. The highest BCUT2D eigenvalue weighted by atomic mass is 16.7. The molecule has 3 rings (SSSR count). The molecule has 5 nitrogen and oxygen atoms in total. The molecule has 5 heteroatoms. The summed E-state index contributed by atoms with van der Waals surface area (Å²) in [7, 11) is 3.27. The molecule has 1 aromatic rings. The second kappa shape index (κ2) is 8.17. The molecular weight excluding hydrogens is 344 g/mol. The second-order valence-electron chi connectivity index (χ2n) is 7.13. The van der Waals surface area contributed by atoms with E-state index in [4.69, 9.17) is 18.9 Å². The number of allylic oxidation sites excluding steroid dienone is 2. The molecule has 0 spiro atoms. The van der Waals surface area contributed by atoms with Crippen molar-refractivity contribution in [3.63, 3.8) is 0 Å². The number of ketones is 1. The first kappa shape index (κ1) is 19.5. The minimum absolute atomic E-state index is 0.104. The molecule has 0 aromatic heterocycles. The lowest BCUT2D eigenvalue weighted by Crippen LogP contribution is -2.45. The average molecular weight is 372 g/mol. The van der Waals surface area contributed by atoms with Crippen molar-refractivity contribution in [3.05, 3.63) is 48.3 Å². The van der Waals surface area contributed by atoms with Crippen LogP contribution in [0, 0.1) is 11.8 Å². The van der Waals surface area contributed by atoms with E-state index in [1.807, 2.05) is 12.1 Å². The fourth-order valence-corrected chi connectivity index (χ4v) is 4.25. The summed E-state index contributed by atoms with van der Waals surface area (Å²) >= 11 is 0. The van der Waals surface area contributed by atoms with Crippen LogP contribution in [-0.4, -0.2) is 32.4 Å². The molecule has 3 atom stereocenters. The molecule has 1 unspecified atom stereocenters. The van der Waals surface area contributed by atoms with E-state index in [0.29, 0.717) is 30.1 Å². The third-order valence-corrected chi connectivity index (χ3v) is 5.71. The van der Waals surface area contributed by atoms with Crippen molar-refractivity contribution in [2.45, 2.75) is 38.2 Å². The standard InChI is InChI=1S/C22H28O5/c1-5-7-16-13-22(21(12-18(16)23)26-14-27-22)17(6-2)10-15-8-9-19(24-3)20(11-15)25-4/h5,8-9,11-12,16-17H,1,6-7,10,13-14H2,2-4H3/t16?,17-,22+/m0/s1. The summed E-state index contributed by atoms with van der Waals surface area (Å²) in [6, 6.07) is 5.98. The van der Waals surface area contributed by atoms with Crippen molar-refractivity contribution >= 4 is 5.78 Å². The first-order chi connectivity index (χ1) is 13.1. The van der Waals surface area contributed by atoms with Crippen LogP contribution in [0.3, 0.4) is 0 Å². The summed E-state index contributed by atoms with van der Waals surface area (Å²) in [5.41, 5.74) is 0.588. The molecule has 1 aromatic carbocycles. The Kier molecular flexibility index (Phi) is 5.90. The van der Waals surface area contributed by atoms with Gasteiger partial charge in [-0.05, 0) is 49.3 Å². The fraction of sp³-hybridized carbons (Fsp3) is 0.500. The van der Waals surface area contributed by atoms with Crippen molar-refractivity contribution in [1.29, 1.82) is 0 Å². The van der Waals surface area contributed by atoms with E-state index < -0.39 is 5.60 Å². The van der Waals surface area contributed by atoms with Crippen LogP contribution in [0.1, 0.15) is 31.7 Å². The molecule has 1 saturated heterocycles. The van der Waals surface area contributed by atoms with Gasteiger partial charge in [-0.3, -0.25) is 4.79 Å². The van der Waals surface area contributed by atoms with Gasteiger partial charge >= 0.3 is 0 Å². The Morgan fingerprint density at radius 1 is 1.33 bits per heavy atom. The van der Waals surface area contributed by atoms with Gasteiger partial charge < -0.3 is 18.9 Å². The first-order valence-corrected chi connectivity index (χ1v) is 9.42. The second-order valence-corrected chi connectivity index (χ2v) is 7.13. The number of carbonyl (C=O) groups excluding carboxylic acids is 1. The fourth-order valence-electron chi connectivity index (χ4n) is 4.25. The minimum atomic E-state index is -0.552. The number of fused-ring (bicyclic) bond motifs is 1. The maximum absolute atomic E-state index is 12.4. The Hall–Kier alpha value is -2.27. The van der Waals surface area contributed by atoms with Gasteiger partial charge in [0.2, 0.25) is 0 Å². The van der Waals surface area contributed by atoms with Gasteiger partial charge in [0.05, 0.1) is 14.2 Å². The molecule has 1 heterocycles. The monoisotopic (exact) mass is 372 g/mol. The first-order valence-electron chi connectivity index (χ1n) is 9.42. The lowest BCUT2D eigenvalue weighted by Gasteiger charge is -2.39. The summed E-state index contributed by atoms with van der Waals surface area (Å²) < 4.78 is 22.6. The molecule has 1 fully saturated rings. The van der Waals surface area contributed by atoms with Gasteiger partial charge in [0.1, 0.15) is 11.4 Å². The normalized spacial score (nSPS) is 25.2. The number of hydrogen-bond acceptors (Lipinski definition) is 5. The molecular formula is C22H28O5. The predicted molar refractivity (Wildman–Crippen MR) is 103 cm³/mol. The van der Waals surface area contributed by atoms with Crippen molar-refractivity contribution in [2.75, 3.05) is 21.0 Å². The third-order valence-electron chi connectivity index (χ3n) is 5.71. The van der Waals surface area contributed by atoms with E-state index in [1.165, 1.54) is 0 Å². The number of hydrogen-bond donors (Lipinski definition) is 0. The van der Waals surface area contributed by atoms with E-state index in [-0.39, 0.29) is 24.4 Å². The third kappa shape index (κ3) is 3.61. The van der Waals surface area contributed by atoms with Gasteiger partial charge in [-0.2, -0.15) is 0 Å². The molecule has 0 bridgehead atoms. The lowest BCUT2D eigenvalue weighted by molar-refractivity contribution is -0.123. The Bertz CT molecular complexity index is 738. The number of carbonyl (C=O) groups is 1. The number of ether oxygens (including phenoxy) is 4. The van der Waals surface area contributed by atoms with E-state index in [9.17, 15) is 4.79 Å². The van der Waals surface area contributed by atoms with Crippen molar-refractivity contribution in [1.82, 2.24) is 0 Å². The van der Waals surface area contributed by atoms with E-state index in [0.717, 1.165) is 18.4 Å². The van der Waals surface area contributed by atoms with E-state index in [1.54, 1.807) is 26.4 Å². The Balaban J connectivity index is 1.90. The van der Waals surface area contributed by atoms with Crippen LogP contribution in [0.2, 0.25) is 0 Å². The van der Waals surface area contributed by atoms with Gasteiger partial charge in [-0.1, -0.05) is 19.1 Å². The van der Waals surface area contributed by atoms with Crippen LogP contribution in [0.25, 0.3) is 0 Å². The quantitative estimate of drug-likeness (QED) is 0.644. The van der Waals surface area contributed by atoms with Crippen molar-refractivity contribution < 1.29 is 23.7 Å². The van der Waals surface area contributed by atoms with Crippen molar-refractivity contribution in [2.24, 2.45) is 11.8 Å². The van der Waals surface area contributed by atoms with Crippen LogP contribution >= 0.6 is 0 Å². The Labute approximate surface area is 160 Å². The number of rotatable bonds is 8. The van der Waals surface area contributed by atoms with Crippen LogP contribution in [-0.2, 0) is 20.7 Å². The minimum Gasteiger partial charge on any atom is -0.493 e. The topological polar surface area (TPSA) is 54.0 Å². The van der Waals surface area contributed by atoms with Gasteiger partial charge in [0, 0.05) is 12.0 Å². The maximum atomic E-state index is 12.4. The van der Waals surface area contributed by atoms with Crippen LogP contribution in [0.15, 0.2) is 42.7 Å². The molecule has 0 saturated carbocycles. The molecule has 146 valence electrons. The van der Waals surface area contributed by atoms with Crippen LogP contribution in [0.4, 0.5) is 0 Å². The highest BCUT2D eigenvalue weighted by Crippen LogP contribution is 2.47. The largest absolute Gasteiger partial charge is 0.493 e. The molecule has 0 radical (unpaired) electrons. The number of benzene rings is 1. The zero-order valence-electron chi connectivity index (χ0n) is 16.3. The van der Waals surface area contributed by atoms with Gasteiger partial charge in [-0.25, -0.2) is 0 Å². The summed E-state index contributed by atoms with van der Waals surface area (Å²) in [5, 5.41) is 0. The van der Waals surface area contributed by atoms with Gasteiger partial charge in [0.15, 0.2) is 24.1 Å². The molecule has 2 aliphatic rings. The molecule has 0 N–H and O–H groups in total. The highest BCUT2D eigenvalue weighted by Gasteiger charge is 2.52. The van der Waals surface area contributed by atoms with Gasteiger partial charge in [0.25, 0.3) is 0 Å². The lowest BCUT2D eigenvalue weighted by atomic mass is 9.70. The number of methoxy groups -OCH3 is 2. The van der Waals surface area contributed by atoms with Crippen LogP contribution < -0.4 is 9.47 Å². The summed E-state index contributed by atoms with van der Waals surface area (Å²) in [6.07, 6.45) is 6.44. The summed E-state index contributed by atoms with van der Waals surface area (Å²) in [5.74, 6) is 2.29.